The summed E-state index contributed by atoms with van der Waals surface area (Å²) in [7, 11) is 0. The standard InChI is InChI=1S/C48H63ClN4O4S/c1-4-6-7-8-9-10-11-12-13-14-15-16-17-18-19-20-21-22-23-26-38(3)57-47(48(55)56-5-2)53-43-37-42(49)39(35-40(43)36-45(53)54)29-30-51-31-33-52(34-32-51)46-41-27-24-25-28-44(41)58-50-46/h9-10,12-13,15-16,18-19,21-22,24-25,27-28,35,37-38,47H,4-8,11,14,17,20,23,26,29-34,36H2,1-3H3/b10-9-,13-12-,16-15-,19-18-,22-21-. The van der Waals surface area contributed by atoms with E-state index < -0.39 is 12.2 Å². The van der Waals surface area contributed by atoms with Gasteiger partial charge in [0.1, 0.15) is 5.82 Å². The first-order valence-electron chi connectivity index (χ1n) is 21.4. The van der Waals surface area contributed by atoms with Crippen LogP contribution in [0.3, 0.4) is 0 Å². The van der Waals surface area contributed by atoms with Crippen molar-refractivity contribution in [1.82, 2.24) is 9.27 Å². The second-order valence-corrected chi connectivity index (χ2v) is 16.2. The number of carbonyl (C=O) groups is 2. The first-order valence-corrected chi connectivity index (χ1v) is 22.6. The number of ether oxygens (including phenoxy) is 2. The Morgan fingerprint density at radius 1 is 0.879 bits per heavy atom. The van der Waals surface area contributed by atoms with Crippen LogP contribution in [0.2, 0.25) is 5.02 Å². The van der Waals surface area contributed by atoms with Crippen LogP contribution in [0, 0.1) is 0 Å². The highest BCUT2D eigenvalue weighted by Gasteiger charge is 2.40. The number of anilines is 2. The highest BCUT2D eigenvalue weighted by Crippen LogP contribution is 2.37. The van der Waals surface area contributed by atoms with Crippen molar-refractivity contribution in [1.29, 1.82) is 0 Å². The predicted molar refractivity (Wildman–Crippen MR) is 243 cm³/mol. The summed E-state index contributed by atoms with van der Waals surface area (Å²) < 4.78 is 17.6. The molecule has 2 aromatic carbocycles. The van der Waals surface area contributed by atoms with Crippen molar-refractivity contribution in [3.8, 4) is 0 Å². The number of esters is 1. The number of unbranched alkanes of at least 4 members (excludes halogenated alkanes) is 3. The van der Waals surface area contributed by atoms with E-state index in [9.17, 15) is 9.59 Å². The number of aromatic nitrogens is 1. The zero-order valence-corrected chi connectivity index (χ0v) is 36.4. The summed E-state index contributed by atoms with van der Waals surface area (Å²) in [6.07, 6.45) is 31.9. The molecule has 2 atom stereocenters. The number of benzene rings is 2. The van der Waals surface area contributed by atoms with Crippen molar-refractivity contribution in [3.05, 3.63) is 113 Å². The van der Waals surface area contributed by atoms with Crippen LogP contribution in [0.25, 0.3) is 10.1 Å². The van der Waals surface area contributed by atoms with Gasteiger partial charge in [-0.3, -0.25) is 14.6 Å². The number of amides is 1. The van der Waals surface area contributed by atoms with Crippen molar-refractivity contribution in [2.75, 3.05) is 49.1 Å². The minimum atomic E-state index is -1.18. The van der Waals surface area contributed by atoms with Gasteiger partial charge in [-0.2, -0.15) is 4.37 Å². The average Bonchev–Trinajstić information content (AvgIpc) is 3.80. The number of hydrogen-bond donors (Lipinski definition) is 0. The van der Waals surface area contributed by atoms with Gasteiger partial charge in [0.25, 0.3) is 0 Å². The second-order valence-electron chi connectivity index (χ2n) is 15.0. The molecule has 1 fully saturated rings. The Kier molecular flexibility index (Phi) is 19.3. The third kappa shape index (κ3) is 13.8. The minimum absolute atomic E-state index is 0.188. The number of halogens is 1. The van der Waals surface area contributed by atoms with Crippen molar-refractivity contribution >= 4 is 56.6 Å². The molecule has 0 spiro atoms. The Bertz CT molecular complexity index is 1890. The highest BCUT2D eigenvalue weighted by atomic mass is 35.5. The number of piperazine rings is 1. The highest BCUT2D eigenvalue weighted by molar-refractivity contribution is 7.13. The topological polar surface area (TPSA) is 75.2 Å². The van der Waals surface area contributed by atoms with Gasteiger partial charge in [0, 0.05) is 43.1 Å². The van der Waals surface area contributed by atoms with Crippen molar-refractivity contribution < 1.29 is 19.1 Å². The molecule has 0 N–H and O–H groups in total. The molecule has 5 rings (SSSR count). The van der Waals surface area contributed by atoms with Gasteiger partial charge in [-0.25, -0.2) is 4.79 Å². The third-order valence-electron chi connectivity index (χ3n) is 10.6. The van der Waals surface area contributed by atoms with E-state index >= 15 is 0 Å². The number of allylic oxidation sites excluding steroid dienone is 10. The molecule has 58 heavy (non-hydrogen) atoms. The number of hydrogen-bond acceptors (Lipinski definition) is 8. The SMILES string of the molecule is CCCCC/C=C\C/C=C\C/C=C\C/C=C\C/C=C\CCC(C)OC(C(=O)OCC)N1C(=O)Cc2cc(CCN3CCN(c4nsc5ccccc45)CC3)c(Cl)cc21. The lowest BCUT2D eigenvalue weighted by Gasteiger charge is -2.35. The summed E-state index contributed by atoms with van der Waals surface area (Å²) in [6.45, 7) is 10.7. The Morgan fingerprint density at radius 3 is 2.21 bits per heavy atom. The Hall–Kier alpha value is -4.02. The zero-order chi connectivity index (χ0) is 41.0. The summed E-state index contributed by atoms with van der Waals surface area (Å²) in [4.78, 5) is 33.0. The van der Waals surface area contributed by atoms with Crippen LogP contribution in [0.15, 0.2) is 97.2 Å². The van der Waals surface area contributed by atoms with E-state index in [1.807, 2.05) is 19.1 Å². The fraction of sp³-hybridized carbons (Fsp3) is 0.479. The minimum Gasteiger partial charge on any atom is -0.463 e. The lowest BCUT2D eigenvalue weighted by molar-refractivity contribution is -0.161. The number of carbonyl (C=O) groups excluding carboxylic acids is 2. The van der Waals surface area contributed by atoms with Gasteiger partial charge in [-0.1, -0.05) is 110 Å². The van der Waals surface area contributed by atoms with Gasteiger partial charge in [0.15, 0.2) is 0 Å². The first kappa shape index (κ1) is 45.1. The first-order chi connectivity index (χ1) is 28.4. The van der Waals surface area contributed by atoms with Crippen LogP contribution >= 0.6 is 23.1 Å². The fourth-order valence-electron chi connectivity index (χ4n) is 7.30. The molecular formula is C48H63ClN4O4S. The summed E-state index contributed by atoms with van der Waals surface area (Å²) in [5.41, 5.74) is 2.48. The summed E-state index contributed by atoms with van der Waals surface area (Å²) in [5.74, 6) is 0.316. The third-order valence-corrected chi connectivity index (χ3v) is 11.7. The maximum absolute atomic E-state index is 13.5. The van der Waals surface area contributed by atoms with Crippen molar-refractivity contribution in [3.63, 3.8) is 0 Å². The van der Waals surface area contributed by atoms with E-state index in [1.54, 1.807) is 18.5 Å². The molecule has 0 radical (unpaired) electrons. The smallest absolute Gasteiger partial charge is 0.357 e. The molecule has 10 heteroatoms. The molecule has 3 aromatic rings. The van der Waals surface area contributed by atoms with Gasteiger partial charge in [0.2, 0.25) is 12.1 Å². The van der Waals surface area contributed by atoms with E-state index in [0.717, 1.165) is 88.2 Å². The van der Waals surface area contributed by atoms with Crippen molar-refractivity contribution in [2.24, 2.45) is 0 Å². The van der Waals surface area contributed by atoms with Crippen LogP contribution < -0.4 is 9.80 Å². The quantitative estimate of drug-likeness (QED) is 0.0506. The molecule has 0 aliphatic carbocycles. The van der Waals surface area contributed by atoms with Gasteiger partial charge in [0.05, 0.1) is 29.5 Å². The molecule has 2 unspecified atom stereocenters. The van der Waals surface area contributed by atoms with Crippen LogP contribution in [-0.4, -0.2) is 72.8 Å². The molecule has 1 aromatic heterocycles. The van der Waals surface area contributed by atoms with Crippen LogP contribution in [0.4, 0.5) is 11.5 Å². The molecule has 1 amide bonds. The monoisotopic (exact) mass is 826 g/mol. The lowest BCUT2D eigenvalue weighted by Crippen LogP contribution is -2.47. The largest absolute Gasteiger partial charge is 0.463 e. The summed E-state index contributed by atoms with van der Waals surface area (Å²) >= 11 is 8.44. The number of rotatable bonds is 24. The predicted octanol–water partition coefficient (Wildman–Crippen LogP) is 11.2. The van der Waals surface area contributed by atoms with Gasteiger partial charge >= 0.3 is 5.97 Å². The molecule has 1 saturated heterocycles. The molecular weight excluding hydrogens is 764 g/mol. The maximum atomic E-state index is 13.5. The normalized spacial score (nSPS) is 16.4. The second kappa shape index (κ2) is 24.8. The van der Waals surface area contributed by atoms with E-state index in [2.05, 4.69) is 102 Å². The van der Waals surface area contributed by atoms with Crippen LogP contribution in [0.5, 0.6) is 0 Å². The summed E-state index contributed by atoms with van der Waals surface area (Å²) in [5, 5.41) is 1.81. The van der Waals surface area contributed by atoms with Gasteiger partial charge in [-0.15, -0.1) is 0 Å². The van der Waals surface area contributed by atoms with Crippen LogP contribution in [-0.2, 0) is 31.9 Å². The fourth-order valence-corrected chi connectivity index (χ4v) is 8.35. The Labute approximate surface area is 356 Å². The lowest BCUT2D eigenvalue weighted by atomic mass is 10.1. The average molecular weight is 828 g/mol. The Balaban J connectivity index is 1.04. The molecule has 0 bridgehead atoms. The van der Waals surface area contributed by atoms with Gasteiger partial charge in [-0.05, 0) is 112 Å². The molecule has 0 saturated carbocycles. The molecule has 8 nitrogen and oxygen atoms in total. The van der Waals surface area contributed by atoms with Crippen LogP contribution in [0.1, 0.15) is 96.1 Å². The molecule has 2 aliphatic heterocycles. The van der Waals surface area contributed by atoms with E-state index in [1.165, 1.54) is 40.7 Å². The van der Waals surface area contributed by atoms with Crippen molar-refractivity contribution in [2.45, 2.75) is 110 Å². The maximum Gasteiger partial charge on any atom is 0.357 e. The molecule has 3 heterocycles. The zero-order valence-electron chi connectivity index (χ0n) is 34.8. The van der Waals surface area contributed by atoms with E-state index in [-0.39, 0.29) is 25.0 Å². The van der Waals surface area contributed by atoms with E-state index in [4.69, 9.17) is 25.4 Å². The molecule has 2 aliphatic rings. The number of nitrogens with zero attached hydrogens (tertiary/aromatic N) is 4. The summed E-state index contributed by atoms with van der Waals surface area (Å²) in [6, 6.07) is 12.3. The van der Waals surface area contributed by atoms with E-state index in [0.29, 0.717) is 17.1 Å². The molecule has 312 valence electrons. The Morgan fingerprint density at radius 2 is 1.53 bits per heavy atom. The number of fused-ring (bicyclic) bond motifs is 2. The van der Waals surface area contributed by atoms with Gasteiger partial charge < -0.3 is 14.4 Å².